The lowest BCUT2D eigenvalue weighted by atomic mass is 9.92. The molecule has 1 rings (SSSR count). The zero-order valence-electron chi connectivity index (χ0n) is 11.9. The number of piperidine rings is 1. The van der Waals surface area contributed by atoms with Crippen molar-refractivity contribution in [2.75, 3.05) is 19.6 Å². The van der Waals surface area contributed by atoms with E-state index >= 15 is 0 Å². The van der Waals surface area contributed by atoms with Crippen LogP contribution in [0.15, 0.2) is 0 Å². The van der Waals surface area contributed by atoms with E-state index in [4.69, 9.17) is 11.6 Å². The maximum Gasteiger partial charge on any atom is 0.0337 e. The van der Waals surface area contributed by atoms with E-state index < -0.39 is 0 Å². The number of nitrogens with zero attached hydrogens (tertiary/aromatic N) is 1. The summed E-state index contributed by atoms with van der Waals surface area (Å²) in [6.45, 7) is 10.6. The summed E-state index contributed by atoms with van der Waals surface area (Å²) in [6, 6.07) is 0. The van der Waals surface area contributed by atoms with E-state index in [1.165, 1.54) is 58.2 Å². The molecule has 2 heteroatoms. The molecule has 0 radical (unpaired) electrons. The summed E-state index contributed by atoms with van der Waals surface area (Å²) in [4.78, 5) is 2.67. The molecule has 0 aliphatic carbocycles. The van der Waals surface area contributed by atoms with Crippen LogP contribution in [0.2, 0.25) is 0 Å². The van der Waals surface area contributed by atoms with E-state index in [9.17, 15) is 0 Å². The lowest BCUT2D eigenvalue weighted by Gasteiger charge is -2.35. The van der Waals surface area contributed by atoms with Crippen molar-refractivity contribution < 1.29 is 0 Å². The number of hydrogen-bond acceptors (Lipinski definition) is 1. The van der Waals surface area contributed by atoms with Gasteiger partial charge in [0.2, 0.25) is 0 Å². The second-order valence-corrected chi connectivity index (χ2v) is 6.42. The Morgan fingerprint density at radius 3 is 2.35 bits per heavy atom. The van der Waals surface area contributed by atoms with Gasteiger partial charge in [-0.15, -0.1) is 11.6 Å². The van der Waals surface area contributed by atoms with Gasteiger partial charge in [0.05, 0.1) is 0 Å². The Morgan fingerprint density at radius 2 is 1.88 bits per heavy atom. The van der Waals surface area contributed by atoms with E-state index in [0.29, 0.717) is 5.38 Å². The molecule has 1 aliphatic rings. The summed E-state index contributed by atoms with van der Waals surface area (Å²) in [5.74, 6) is 1.67. The second-order valence-electron chi connectivity index (χ2n) is 5.73. The van der Waals surface area contributed by atoms with Crippen molar-refractivity contribution >= 4 is 11.6 Å². The fraction of sp³-hybridized carbons (Fsp3) is 1.00. The molecular weight excluding hydrogens is 230 g/mol. The molecule has 0 aromatic rings. The van der Waals surface area contributed by atoms with Crippen LogP contribution in [0, 0.1) is 11.8 Å². The Morgan fingerprint density at radius 1 is 1.24 bits per heavy atom. The van der Waals surface area contributed by atoms with Crippen LogP contribution >= 0.6 is 11.6 Å². The van der Waals surface area contributed by atoms with Crippen LogP contribution in [0.25, 0.3) is 0 Å². The van der Waals surface area contributed by atoms with Gasteiger partial charge in [0, 0.05) is 11.9 Å². The van der Waals surface area contributed by atoms with Gasteiger partial charge < -0.3 is 4.90 Å². The molecule has 0 amide bonds. The molecule has 1 nitrogen and oxygen atoms in total. The molecule has 17 heavy (non-hydrogen) atoms. The Hall–Kier alpha value is 0.250. The molecule has 1 aliphatic heterocycles. The third-order valence-electron chi connectivity index (χ3n) is 4.34. The zero-order chi connectivity index (χ0) is 12.7. The Bertz CT molecular complexity index is 185. The molecule has 0 aromatic heterocycles. The van der Waals surface area contributed by atoms with Gasteiger partial charge in [-0.3, -0.25) is 0 Å². The summed E-state index contributed by atoms with van der Waals surface area (Å²) in [7, 11) is 0. The zero-order valence-corrected chi connectivity index (χ0v) is 12.7. The lowest BCUT2D eigenvalue weighted by Crippen LogP contribution is -2.38. The molecule has 0 N–H and O–H groups in total. The van der Waals surface area contributed by atoms with Gasteiger partial charge in [0.25, 0.3) is 0 Å². The van der Waals surface area contributed by atoms with Crippen LogP contribution in [-0.2, 0) is 0 Å². The molecule has 1 saturated heterocycles. The summed E-state index contributed by atoms with van der Waals surface area (Å²) in [5, 5.41) is 0.360. The van der Waals surface area contributed by atoms with Crippen molar-refractivity contribution in [3.63, 3.8) is 0 Å². The van der Waals surface area contributed by atoms with Gasteiger partial charge in [-0.1, -0.05) is 33.1 Å². The number of likely N-dealkylation sites (tertiary alicyclic amines) is 1. The summed E-state index contributed by atoms with van der Waals surface area (Å²) < 4.78 is 0. The van der Waals surface area contributed by atoms with Gasteiger partial charge in [0.1, 0.15) is 0 Å². The first-order chi connectivity index (χ1) is 8.17. The highest BCUT2D eigenvalue weighted by Crippen LogP contribution is 2.25. The fourth-order valence-electron chi connectivity index (χ4n) is 2.88. The monoisotopic (exact) mass is 259 g/mol. The molecule has 1 heterocycles. The van der Waals surface area contributed by atoms with Crippen molar-refractivity contribution in [1.82, 2.24) is 4.90 Å². The lowest BCUT2D eigenvalue weighted by molar-refractivity contribution is 0.154. The maximum absolute atomic E-state index is 6.19. The van der Waals surface area contributed by atoms with E-state index in [0.717, 1.165) is 11.8 Å². The van der Waals surface area contributed by atoms with E-state index in [2.05, 4.69) is 25.7 Å². The summed E-state index contributed by atoms with van der Waals surface area (Å²) >= 11 is 6.19. The molecule has 0 saturated carbocycles. The molecule has 2 unspecified atom stereocenters. The molecule has 1 fully saturated rings. The molecule has 2 atom stereocenters. The number of alkyl halides is 1. The number of unbranched alkanes of at least 4 members (excludes halogenated alkanes) is 1. The van der Waals surface area contributed by atoms with Gasteiger partial charge in [-0.05, 0) is 51.1 Å². The predicted molar refractivity (Wildman–Crippen MR) is 77.8 cm³/mol. The van der Waals surface area contributed by atoms with E-state index in [1.807, 2.05) is 0 Å². The van der Waals surface area contributed by atoms with E-state index in [-0.39, 0.29) is 0 Å². The highest BCUT2D eigenvalue weighted by Gasteiger charge is 2.23. The normalized spacial score (nSPS) is 22.6. The van der Waals surface area contributed by atoms with Gasteiger partial charge in [-0.25, -0.2) is 0 Å². The van der Waals surface area contributed by atoms with Crippen LogP contribution in [0.4, 0.5) is 0 Å². The second kappa shape index (κ2) is 8.37. The molecular formula is C15H30ClN. The summed E-state index contributed by atoms with van der Waals surface area (Å²) in [6.07, 6.45) is 8.09. The standard InChI is InChI=1S/C15H30ClN/c1-4-6-7-14(5-2)12-17-10-8-15(9-11-17)13(3)16/h13-15H,4-12H2,1-3H3. The van der Waals surface area contributed by atoms with Crippen LogP contribution in [-0.4, -0.2) is 29.9 Å². The average Bonchev–Trinajstić information content (AvgIpc) is 2.35. The highest BCUT2D eigenvalue weighted by atomic mass is 35.5. The van der Waals surface area contributed by atoms with Crippen LogP contribution < -0.4 is 0 Å². The Labute approximate surface area is 113 Å². The quantitative estimate of drug-likeness (QED) is 0.607. The SMILES string of the molecule is CCCCC(CC)CN1CCC(C(C)Cl)CC1. The van der Waals surface area contributed by atoms with Crippen LogP contribution in [0.5, 0.6) is 0 Å². The van der Waals surface area contributed by atoms with Gasteiger partial charge in [-0.2, -0.15) is 0 Å². The largest absolute Gasteiger partial charge is 0.303 e. The van der Waals surface area contributed by atoms with Crippen molar-refractivity contribution in [3.8, 4) is 0 Å². The van der Waals surface area contributed by atoms with Crippen molar-refractivity contribution in [2.24, 2.45) is 11.8 Å². The first kappa shape index (κ1) is 15.3. The Kier molecular flexibility index (Phi) is 7.54. The minimum Gasteiger partial charge on any atom is -0.303 e. The summed E-state index contributed by atoms with van der Waals surface area (Å²) in [5.41, 5.74) is 0. The fourth-order valence-corrected chi connectivity index (χ4v) is 3.13. The van der Waals surface area contributed by atoms with E-state index in [1.54, 1.807) is 0 Å². The van der Waals surface area contributed by atoms with Crippen LogP contribution in [0.3, 0.4) is 0 Å². The molecule has 102 valence electrons. The number of hydrogen-bond donors (Lipinski definition) is 0. The topological polar surface area (TPSA) is 3.24 Å². The van der Waals surface area contributed by atoms with Crippen molar-refractivity contribution in [3.05, 3.63) is 0 Å². The first-order valence-corrected chi connectivity index (χ1v) is 7.97. The minimum absolute atomic E-state index is 0.360. The smallest absolute Gasteiger partial charge is 0.0337 e. The van der Waals surface area contributed by atoms with Crippen LogP contribution in [0.1, 0.15) is 59.3 Å². The average molecular weight is 260 g/mol. The van der Waals surface area contributed by atoms with Crippen molar-refractivity contribution in [2.45, 2.75) is 64.7 Å². The molecule has 0 aromatic carbocycles. The number of halogens is 1. The maximum atomic E-state index is 6.19. The van der Waals surface area contributed by atoms with Crippen molar-refractivity contribution in [1.29, 1.82) is 0 Å². The molecule has 0 bridgehead atoms. The predicted octanol–water partition coefficient (Wildman–Crippen LogP) is 4.54. The number of rotatable bonds is 7. The minimum atomic E-state index is 0.360. The van der Waals surface area contributed by atoms with Gasteiger partial charge in [0.15, 0.2) is 0 Å². The Balaban J connectivity index is 2.23. The molecule has 0 spiro atoms. The first-order valence-electron chi connectivity index (χ1n) is 7.53. The third-order valence-corrected chi connectivity index (χ3v) is 4.70. The van der Waals surface area contributed by atoms with Gasteiger partial charge >= 0.3 is 0 Å². The highest BCUT2D eigenvalue weighted by molar-refractivity contribution is 6.20. The third kappa shape index (κ3) is 5.61.